The number of rotatable bonds is 5. The molecule has 1 aromatic rings. The van der Waals surface area contributed by atoms with Crippen molar-refractivity contribution in [3.8, 4) is 0 Å². The fourth-order valence-electron chi connectivity index (χ4n) is 1.84. The van der Waals surface area contributed by atoms with Gasteiger partial charge in [0.15, 0.2) is 0 Å². The van der Waals surface area contributed by atoms with Crippen LogP contribution in [0.4, 0.5) is 0 Å². The molecular weight excluding hydrogens is 212 g/mol. The molecule has 0 aromatic heterocycles. The van der Waals surface area contributed by atoms with E-state index in [1.807, 2.05) is 32.0 Å². The van der Waals surface area contributed by atoms with Crippen LogP contribution in [0.15, 0.2) is 24.3 Å². The fourth-order valence-corrected chi connectivity index (χ4v) is 1.84. The second kappa shape index (κ2) is 5.82. The van der Waals surface area contributed by atoms with Gasteiger partial charge in [0.1, 0.15) is 0 Å². The van der Waals surface area contributed by atoms with Gasteiger partial charge in [-0.3, -0.25) is 4.79 Å². The van der Waals surface area contributed by atoms with Crippen LogP contribution in [-0.4, -0.2) is 11.4 Å². The molecule has 0 aliphatic heterocycles. The van der Waals surface area contributed by atoms with E-state index in [-0.39, 0.29) is 5.91 Å². The molecule has 0 spiro atoms. The van der Waals surface area contributed by atoms with E-state index in [0.29, 0.717) is 13.0 Å². The monoisotopic (exact) mass is 234 g/mol. The minimum Gasteiger partial charge on any atom is -0.350 e. The zero-order valence-electron chi connectivity index (χ0n) is 10.9. The number of hydrogen-bond acceptors (Lipinski definition) is 2. The molecule has 1 amide bonds. The first-order valence-corrected chi connectivity index (χ1v) is 6.08. The van der Waals surface area contributed by atoms with Gasteiger partial charge in [0.2, 0.25) is 5.91 Å². The van der Waals surface area contributed by atoms with Crippen LogP contribution >= 0.6 is 0 Å². The number of nitrogens with one attached hydrogen (secondary N) is 1. The Hall–Kier alpha value is -1.35. The standard InChI is InChI=1S/C14H22N2O/c1-4-8-14(3,15)13(17)16-10-12-7-5-6-11(2)9-12/h5-7,9H,4,8,10,15H2,1-3H3,(H,16,17). The van der Waals surface area contributed by atoms with Crippen LogP contribution in [0.25, 0.3) is 0 Å². The minimum atomic E-state index is -0.765. The highest BCUT2D eigenvalue weighted by molar-refractivity contribution is 5.85. The van der Waals surface area contributed by atoms with Gasteiger partial charge in [-0.25, -0.2) is 0 Å². The molecule has 0 bridgehead atoms. The van der Waals surface area contributed by atoms with E-state index in [9.17, 15) is 4.79 Å². The predicted molar refractivity (Wildman–Crippen MR) is 70.5 cm³/mol. The third-order valence-corrected chi connectivity index (χ3v) is 2.82. The molecule has 0 fully saturated rings. The second-order valence-corrected chi connectivity index (χ2v) is 4.84. The number of amides is 1. The Balaban J connectivity index is 2.54. The predicted octanol–water partition coefficient (Wildman–Crippen LogP) is 2.13. The first kappa shape index (κ1) is 13.7. The van der Waals surface area contributed by atoms with Crippen molar-refractivity contribution < 1.29 is 4.79 Å². The summed E-state index contributed by atoms with van der Waals surface area (Å²) in [6.07, 6.45) is 1.61. The summed E-state index contributed by atoms with van der Waals surface area (Å²) in [5.74, 6) is -0.0825. The summed E-state index contributed by atoms with van der Waals surface area (Å²) >= 11 is 0. The van der Waals surface area contributed by atoms with Gasteiger partial charge in [-0.1, -0.05) is 43.2 Å². The molecule has 1 rings (SSSR count). The van der Waals surface area contributed by atoms with Crippen molar-refractivity contribution in [3.05, 3.63) is 35.4 Å². The SMILES string of the molecule is CCCC(C)(N)C(=O)NCc1cccc(C)c1. The van der Waals surface area contributed by atoms with E-state index in [1.54, 1.807) is 6.92 Å². The van der Waals surface area contributed by atoms with Crippen LogP contribution in [0.5, 0.6) is 0 Å². The summed E-state index contributed by atoms with van der Waals surface area (Å²) in [5, 5.41) is 2.89. The van der Waals surface area contributed by atoms with Crippen LogP contribution in [-0.2, 0) is 11.3 Å². The summed E-state index contributed by atoms with van der Waals surface area (Å²) in [7, 11) is 0. The number of hydrogen-bond donors (Lipinski definition) is 2. The molecule has 94 valence electrons. The fraction of sp³-hybridized carbons (Fsp3) is 0.500. The zero-order chi connectivity index (χ0) is 12.9. The maximum atomic E-state index is 11.9. The van der Waals surface area contributed by atoms with Crippen LogP contribution in [0.2, 0.25) is 0 Å². The topological polar surface area (TPSA) is 55.1 Å². The van der Waals surface area contributed by atoms with Crippen molar-refractivity contribution >= 4 is 5.91 Å². The quantitative estimate of drug-likeness (QED) is 0.820. The van der Waals surface area contributed by atoms with Gasteiger partial charge < -0.3 is 11.1 Å². The Morgan fingerprint density at radius 2 is 2.18 bits per heavy atom. The average Bonchev–Trinajstić information content (AvgIpc) is 2.26. The zero-order valence-corrected chi connectivity index (χ0v) is 10.9. The van der Waals surface area contributed by atoms with Crippen molar-refractivity contribution in [1.82, 2.24) is 5.32 Å². The molecule has 3 heteroatoms. The smallest absolute Gasteiger partial charge is 0.240 e. The number of carbonyl (C=O) groups is 1. The molecule has 0 heterocycles. The average molecular weight is 234 g/mol. The molecule has 0 aliphatic rings. The number of carbonyl (C=O) groups excluding carboxylic acids is 1. The van der Waals surface area contributed by atoms with Crippen LogP contribution in [0, 0.1) is 6.92 Å². The molecule has 3 N–H and O–H groups in total. The highest BCUT2D eigenvalue weighted by Gasteiger charge is 2.26. The number of nitrogens with two attached hydrogens (primary N) is 1. The number of aryl methyl sites for hydroxylation is 1. The summed E-state index contributed by atoms with van der Waals surface area (Å²) in [5.41, 5.74) is 7.49. The first-order chi connectivity index (χ1) is 7.95. The van der Waals surface area contributed by atoms with Crippen LogP contribution in [0.3, 0.4) is 0 Å². The Bertz CT molecular complexity index is 386. The highest BCUT2D eigenvalue weighted by atomic mass is 16.2. The van der Waals surface area contributed by atoms with Crippen molar-refractivity contribution in [1.29, 1.82) is 0 Å². The van der Waals surface area contributed by atoms with E-state index >= 15 is 0 Å². The van der Waals surface area contributed by atoms with Gasteiger partial charge in [-0.05, 0) is 25.8 Å². The summed E-state index contributed by atoms with van der Waals surface area (Å²) in [4.78, 5) is 11.9. The van der Waals surface area contributed by atoms with E-state index in [0.717, 1.165) is 12.0 Å². The molecular formula is C14H22N2O. The summed E-state index contributed by atoms with van der Waals surface area (Å²) in [6, 6.07) is 8.09. The Kier molecular flexibility index (Phi) is 4.70. The molecule has 0 saturated heterocycles. The van der Waals surface area contributed by atoms with E-state index in [4.69, 9.17) is 5.73 Å². The van der Waals surface area contributed by atoms with Gasteiger partial charge in [0.25, 0.3) is 0 Å². The normalized spacial score (nSPS) is 14.1. The van der Waals surface area contributed by atoms with Gasteiger partial charge in [-0.2, -0.15) is 0 Å². The van der Waals surface area contributed by atoms with Gasteiger partial charge in [0, 0.05) is 6.54 Å². The van der Waals surface area contributed by atoms with Crippen molar-refractivity contribution in [2.45, 2.75) is 45.7 Å². The largest absolute Gasteiger partial charge is 0.350 e. The van der Waals surface area contributed by atoms with Crippen LogP contribution < -0.4 is 11.1 Å². The third-order valence-electron chi connectivity index (χ3n) is 2.82. The third kappa shape index (κ3) is 4.19. The van der Waals surface area contributed by atoms with Crippen LogP contribution in [0.1, 0.15) is 37.8 Å². The molecule has 0 saturated carbocycles. The highest BCUT2D eigenvalue weighted by Crippen LogP contribution is 2.09. The Morgan fingerprint density at radius 1 is 1.47 bits per heavy atom. The minimum absolute atomic E-state index is 0.0825. The lowest BCUT2D eigenvalue weighted by molar-refractivity contribution is -0.126. The lowest BCUT2D eigenvalue weighted by atomic mass is 9.96. The molecule has 1 unspecified atom stereocenters. The van der Waals surface area contributed by atoms with Crippen molar-refractivity contribution in [2.75, 3.05) is 0 Å². The first-order valence-electron chi connectivity index (χ1n) is 6.08. The van der Waals surface area contributed by atoms with Crippen molar-refractivity contribution in [3.63, 3.8) is 0 Å². The van der Waals surface area contributed by atoms with E-state index in [1.165, 1.54) is 5.56 Å². The van der Waals surface area contributed by atoms with E-state index < -0.39 is 5.54 Å². The molecule has 0 radical (unpaired) electrons. The molecule has 3 nitrogen and oxygen atoms in total. The van der Waals surface area contributed by atoms with Gasteiger partial charge in [0.05, 0.1) is 5.54 Å². The molecule has 17 heavy (non-hydrogen) atoms. The lowest BCUT2D eigenvalue weighted by Gasteiger charge is -2.22. The summed E-state index contributed by atoms with van der Waals surface area (Å²) < 4.78 is 0. The lowest BCUT2D eigenvalue weighted by Crippen LogP contribution is -2.51. The van der Waals surface area contributed by atoms with Gasteiger partial charge in [-0.15, -0.1) is 0 Å². The Morgan fingerprint density at radius 3 is 2.76 bits per heavy atom. The maximum Gasteiger partial charge on any atom is 0.240 e. The molecule has 0 aliphatic carbocycles. The second-order valence-electron chi connectivity index (χ2n) is 4.84. The van der Waals surface area contributed by atoms with Gasteiger partial charge >= 0.3 is 0 Å². The van der Waals surface area contributed by atoms with E-state index in [2.05, 4.69) is 11.4 Å². The Labute approximate surface area is 103 Å². The maximum absolute atomic E-state index is 11.9. The molecule has 1 atom stereocenters. The number of benzene rings is 1. The van der Waals surface area contributed by atoms with Crippen molar-refractivity contribution in [2.24, 2.45) is 5.73 Å². The molecule has 1 aromatic carbocycles. The summed E-state index contributed by atoms with van der Waals surface area (Å²) in [6.45, 7) is 6.38.